The molecular weight excluding hydrogens is 276 g/mol. The second-order valence-electron chi connectivity index (χ2n) is 6.55. The van der Waals surface area contributed by atoms with Crippen molar-refractivity contribution >= 4 is 5.91 Å². The summed E-state index contributed by atoms with van der Waals surface area (Å²) in [5.41, 5.74) is 2.34. The molecule has 1 amide bonds. The zero-order valence-corrected chi connectivity index (χ0v) is 13.6. The Bertz CT molecular complexity index is 520. The van der Waals surface area contributed by atoms with E-state index in [1.807, 2.05) is 0 Å². The zero-order chi connectivity index (χ0) is 15.5. The molecular formula is C18H26N2O2. The van der Waals surface area contributed by atoms with Crippen molar-refractivity contribution in [3.8, 4) is 5.75 Å². The van der Waals surface area contributed by atoms with Crippen LogP contribution >= 0.6 is 0 Å². The van der Waals surface area contributed by atoms with Gasteiger partial charge in [0, 0.05) is 12.6 Å². The van der Waals surface area contributed by atoms with Crippen LogP contribution in [0.1, 0.15) is 36.8 Å². The first-order valence-electron chi connectivity index (χ1n) is 8.38. The fourth-order valence-electron chi connectivity index (χ4n) is 3.21. The number of para-hydroxylation sites is 1. The van der Waals surface area contributed by atoms with E-state index in [1.165, 1.54) is 11.1 Å². The fourth-order valence-corrected chi connectivity index (χ4v) is 3.21. The van der Waals surface area contributed by atoms with Gasteiger partial charge in [0.05, 0.1) is 6.04 Å². The standard InChI is InChI=1S/C18H26N2O2/c1-13-5-3-6-14(2)17(13)22-12-11-20-10-4-7-16(20)18(21)19-15-8-9-15/h3,5-6,15-16H,4,7-12H2,1-2H3,(H,19,21). The van der Waals surface area contributed by atoms with Gasteiger partial charge < -0.3 is 10.1 Å². The summed E-state index contributed by atoms with van der Waals surface area (Å²) >= 11 is 0. The van der Waals surface area contributed by atoms with Crippen molar-refractivity contribution in [2.45, 2.75) is 51.6 Å². The van der Waals surface area contributed by atoms with Crippen molar-refractivity contribution in [3.05, 3.63) is 29.3 Å². The molecule has 1 aliphatic carbocycles. The van der Waals surface area contributed by atoms with E-state index < -0.39 is 0 Å². The third kappa shape index (κ3) is 3.61. The Morgan fingerprint density at radius 2 is 2.00 bits per heavy atom. The number of benzene rings is 1. The maximum atomic E-state index is 12.3. The Hall–Kier alpha value is -1.55. The zero-order valence-electron chi connectivity index (χ0n) is 13.6. The molecule has 1 unspecified atom stereocenters. The van der Waals surface area contributed by atoms with E-state index in [0.29, 0.717) is 12.6 Å². The van der Waals surface area contributed by atoms with Crippen molar-refractivity contribution in [2.24, 2.45) is 0 Å². The van der Waals surface area contributed by atoms with Crippen molar-refractivity contribution in [3.63, 3.8) is 0 Å². The summed E-state index contributed by atoms with van der Waals surface area (Å²) in [6.45, 7) is 6.60. The van der Waals surface area contributed by atoms with Crippen molar-refractivity contribution in [1.29, 1.82) is 0 Å². The van der Waals surface area contributed by atoms with Crippen LogP contribution in [0, 0.1) is 13.8 Å². The second kappa shape index (κ2) is 6.69. The molecule has 3 rings (SSSR count). The molecule has 1 atom stereocenters. The number of nitrogens with one attached hydrogen (secondary N) is 1. The molecule has 1 saturated carbocycles. The second-order valence-corrected chi connectivity index (χ2v) is 6.55. The number of ether oxygens (including phenoxy) is 1. The topological polar surface area (TPSA) is 41.6 Å². The Morgan fingerprint density at radius 3 is 2.68 bits per heavy atom. The maximum absolute atomic E-state index is 12.3. The Labute approximate surface area is 132 Å². The van der Waals surface area contributed by atoms with Gasteiger partial charge in [0.1, 0.15) is 12.4 Å². The Morgan fingerprint density at radius 1 is 1.27 bits per heavy atom. The highest BCUT2D eigenvalue weighted by molar-refractivity contribution is 5.82. The van der Waals surface area contributed by atoms with Gasteiger partial charge in [-0.05, 0) is 57.2 Å². The van der Waals surface area contributed by atoms with E-state index >= 15 is 0 Å². The summed E-state index contributed by atoms with van der Waals surface area (Å²) in [6, 6.07) is 6.69. The summed E-state index contributed by atoms with van der Waals surface area (Å²) in [5.74, 6) is 1.20. The maximum Gasteiger partial charge on any atom is 0.237 e. The van der Waals surface area contributed by atoms with Crippen LogP contribution in [0.15, 0.2) is 18.2 Å². The molecule has 1 saturated heterocycles. The van der Waals surface area contributed by atoms with Crippen molar-refractivity contribution in [2.75, 3.05) is 19.7 Å². The van der Waals surface area contributed by atoms with Crippen LogP contribution in [0.4, 0.5) is 0 Å². The van der Waals surface area contributed by atoms with Crippen LogP contribution in [0.25, 0.3) is 0 Å². The molecule has 1 heterocycles. The number of likely N-dealkylation sites (tertiary alicyclic amines) is 1. The average molecular weight is 302 g/mol. The molecule has 0 aromatic heterocycles. The van der Waals surface area contributed by atoms with Crippen molar-refractivity contribution < 1.29 is 9.53 Å². The smallest absolute Gasteiger partial charge is 0.237 e. The first-order chi connectivity index (χ1) is 10.6. The number of nitrogens with zero attached hydrogens (tertiary/aromatic N) is 1. The summed E-state index contributed by atoms with van der Waals surface area (Å²) in [4.78, 5) is 14.5. The molecule has 1 aliphatic heterocycles. The van der Waals surface area contributed by atoms with Crippen LogP contribution in [0.2, 0.25) is 0 Å². The molecule has 22 heavy (non-hydrogen) atoms. The number of carbonyl (C=O) groups excluding carboxylic acids is 1. The Kier molecular flexibility index (Phi) is 4.67. The third-order valence-corrected chi connectivity index (χ3v) is 4.62. The predicted molar refractivity (Wildman–Crippen MR) is 87.2 cm³/mol. The lowest BCUT2D eigenvalue weighted by molar-refractivity contribution is -0.125. The largest absolute Gasteiger partial charge is 0.492 e. The van der Waals surface area contributed by atoms with Gasteiger partial charge in [-0.25, -0.2) is 0 Å². The molecule has 0 spiro atoms. The molecule has 4 heteroatoms. The van der Waals surface area contributed by atoms with Gasteiger partial charge in [0.15, 0.2) is 0 Å². The van der Waals surface area contributed by atoms with Crippen LogP contribution in [-0.4, -0.2) is 42.6 Å². The Balaban J connectivity index is 1.50. The van der Waals surface area contributed by atoms with Crippen LogP contribution < -0.4 is 10.1 Å². The average Bonchev–Trinajstić information content (AvgIpc) is 3.17. The molecule has 0 bridgehead atoms. The minimum absolute atomic E-state index is 0.0437. The van der Waals surface area contributed by atoms with E-state index in [2.05, 4.69) is 42.3 Å². The minimum atomic E-state index is 0.0437. The fraction of sp³-hybridized carbons (Fsp3) is 0.611. The number of hydrogen-bond acceptors (Lipinski definition) is 3. The highest BCUT2D eigenvalue weighted by Gasteiger charge is 2.33. The number of carbonyl (C=O) groups is 1. The quantitative estimate of drug-likeness (QED) is 0.877. The molecule has 4 nitrogen and oxygen atoms in total. The summed E-state index contributed by atoms with van der Waals surface area (Å²) in [7, 11) is 0. The van der Waals surface area contributed by atoms with E-state index in [0.717, 1.165) is 44.5 Å². The van der Waals surface area contributed by atoms with Crippen LogP contribution in [0.5, 0.6) is 5.75 Å². The van der Waals surface area contributed by atoms with Gasteiger partial charge in [0.25, 0.3) is 0 Å². The monoisotopic (exact) mass is 302 g/mol. The number of rotatable bonds is 6. The first-order valence-corrected chi connectivity index (χ1v) is 8.38. The lowest BCUT2D eigenvalue weighted by Gasteiger charge is -2.24. The lowest BCUT2D eigenvalue weighted by Crippen LogP contribution is -2.45. The highest BCUT2D eigenvalue weighted by atomic mass is 16.5. The van der Waals surface area contributed by atoms with Gasteiger partial charge in [-0.2, -0.15) is 0 Å². The van der Waals surface area contributed by atoms with Gasteiger partial charge >= 0.3 is 0 Å². The lowest BCUT2D eigenvalue weighted by atomic mass is 10.1. The van der Waals surface area contributed by atoms with Crippen LogP contribution in [-0.2, 0) is 4.79 Å². The molecule has 2 fully saturated rings. The van der Waals surface area contributed by atoms with Crippen molar-refractivity contribution in [1.82, 2.24) is 10.2 Å². The minimum Gasteiger partial charge on any atom is -0.492 e. The SMILES string of the molecule is Cc1cccc(C)c1OCCN1CCCC1C(=O)NC1CC1. The normalized spacial score (nSPS) is 21.8. The van der Waals surface area contributed by atoms with Gasteiger partial charge in [-0.3, -0.25) is 9.69 Å². The van der Waals surface area contributed by atoms with Crippen LogP contribution in [0.3, 0.4) is 0 Å². The molecule has 1 N–H and O–H groups in total. The summed E-state index contributed by atoms with van der Waals surface area (Å²) in [5, 5.41) is 3.13. The van der Waals surface area contributed by atoms with E-state index in [1.54, 1.807) is 0 Å². The van der Waals surface area contributed by atoms with Gasteiger partial charge in [-0.1, -0.05) is 18.2 Å². The first kappa shape index (κ1) is 15.3. The number of aryl methyl sites for hydroxylation is 2. The molecule has 1 aromatic carbocycles. The molecule has 1 aromatic rings. The highest BCUT2D eigenvalue weighted by Crippen LogP contribution is 2.24. The number of hydrogen-bond donors (Lipinski definition) is 1. The van der Waals surface area contributed by atoms with Gasteiger partial charge in [0.2, 0.25) is 5.91 Å². The van der Waals surface area contributed by atoms with E-state index in [-0.39, 0.29) is 11.9 Å². The molecule has 120 valence electrons. The van der Waals surface area contributed by atoms with E-state index in [4.69, 9.17) is 4.74 Å². The summed E-state index contributed by atoms with van der Waals surface area (Å²) < 4.78 is 5.98. The van der Waals surface area contributed by atoms with Gasteiger partial charge in [-0.15, -0.1) is 0 Å². The summed E-state index contributed by atoms with van der Waals surface area (Å²) in [6.07, 6.45) is 4.37. The third-order valence-electron chi connectivity index (χ3n) is 4.62. The van der Waals surface area contributed by atoms with E-state index in [9.17, 15) is 4.79 Å². The predicted octanol–water partition coefficient (Wildman–Crippen LogP) is 2.43. The molecule has 2 aliphatic rings. The number of amides is 1. The molecule has 0 radical (unpaired) electrons.